The van der Waals surface area contributed by atoms with Crippen LogP contribution in [-0.2, 0) is 38.1 Å². The second-order valence-corrected chi connectivity index (χ2v) is 4.59. The molecule has 0 amide bonds. The van der Waals surface area contributed by atoms with E-state index >= 15 is 0 Å². The first-order valence-electron chi connectivity index (χ1n) is 7.20. The number of esters is 4. The molecule has 0 bridgehead atoms. The predicted molar refractivity (Wildman–Crippen MR) is 71.5 cm³/mol. The Morgan fingerprint density at radius 3 is 1.05 bits per heavy atom. The zero-order valence-corrected chi connectivity index (χ0v) is 12.3. The highest BCUT2D eigenvalue weighted by Gasteiger charge is 2.12. The lowest BCUT2D eigenvalue weighted by Gasteiger charge is -2.09. The van der Waals surface area contributed by atoms with Gasteiger partial charge in [0.2, 0.25) is 0 Å². The van der Waals surface area contributed by atoms with Crippen molar-refractivity contribution in [3.05, 3.63) is 0 Å². The van der Waals surface area contributed by atoms with Crippen LogP contribution in [0.4, 0.5) is 0 Å². The average Bonchev–Trinajstić information content (AvgIpc) is 2.49. The van der Waals surface area contributed by atoms with Gasteiger partial charge in [-0.05, 0) is 12.8 Å². The summed E-state index contributed by atoms with van der Waals surface area (Å²) in [5.74, 6) is -1.27. The maximum atomic E-state index is 10.8. The van der Waals surface area contributed by atoms with Gasteiger partial charge in [-0.1, -0.05) is 0 Å². The normalized spacial score (nSPS) is 20.7. The molecule has 0 spiro atoms. The zero-order valence-electron chi connectivity index (χ0n) is 12.3. The van der Waals surface area contributed by atoms with Gasteiger partial charge in [0.25, 0.3) is 0 Å². The van der Waals surface area contributed by atoms with Crippen LogP contribution in [0.25, 0.3) is 0 Å². The summed E-state index contributed by atoms with van der Waals surface area (Å²) in [6, 6.07) is 0. The standard InChI is InChI=1S/C8H12O4.C6H8O4/c9-7-3-4-8(10)12-6-2-1-5-11-7;7-5-1-2-6(8)10-4-3-9-5/h1-6H2;1-4H2. The predicted octanol–water partition coefficient (Wildman–Crippen LogP) is 0.513. The minimum Gasteiger partial charge on any atom is -0.466 e. The molecule has 0 saturated carbocycles. The maximum absolute atomic E-state index is 10.8. The van der Waals surface area contributed by atoms with Crippen LogP contribution in [0.3, 0.4) is 0 Å². The number of ether oxygens (including phenoxy) is 4. The van der Waals surface area contributed by atoms with E-state index in [1.807, 2.05) is 0 Å². The molecular formula is C14H20O8. The molecule has 2 aliphatic rings. The van der Waals surface area contributed by atoms with E-state index in [2.05, 4.69) is 9.47 Å². The van der Waals surface area contributed by atoms with Gasteiger partial charge in [0, 0.05) is 0 Å². The van der Waals surface area contributed by atoms with E-state index in [0.29, 0.717) is 13.2 Å². The van der Waals surface area contributed by atoms with E-state index < -0.39 is 0 Å². The molecule has 2 saturated heterocycles. The van der Waals surface area contributed by atoms with Crippen molar-refractivity contribution in [1.82, 2.24) is 0 Å². The topological polar surface area (TPSA) is 105 Å². The van der Waals surface area contributed by atoms with Crippen molar-refractivity contribution in [3.63, 3.8) is 0 Å². The monoisotopic (exact) mass is 316 g/mol. The largest absolute Gasteiger partial charge is 0.466 e. The highest BCUT2D eigenvalue weighted by atomic mass is 16.6. The SMILES string of the molecule is O=C1CCC(=O)OCCCCO1.O=C1CCC(=O)OCCO1. The van der Waals surface area contributed by atoms with Gasteiger partial charge in [0.1, 0.15) is 13.2 Å². The first-order chi connectivity index (χ1) is 10.6. The molecule has 8 heteroatoms. The third-order valence-corrected chi connectivity index (χ3v) is 2.74. The molecule has 0 aromatic heterocycles. The summed E-state index contributed by atoms with van der Waals surface area (Å²) >= 11 is 0. The van der Waals surface area contributed by atoms with Crippen molar-refractivity contribution in [2.45, 2.75) is 38.5 Å². The quantitative estimate of drug-likeness (QED) is 0.470. The van der Waals surface area contributed by atoms with Crippen LogP contribution in [0, 0.1) is 0 Å². The van der Waals surface area contributed by atoms with Crippen molar-refractivity contribution in [1.29, 1.82) is 0 Å². The molecule has 2 aliphatic heterocycles. The lowest BCUT2D eigenvalue weighted by atomic mass is 10.3. The summed E-state index contributed by atoms with van der Waals surface area (Å²) in [5.41, 5.74) is 0. The molecule has 0 aliphatic carbocycles. The summed E-state index contributed by atoms with van der Waals surface area (Å²) in [7, 11) is 0. The number of carbonyl (C=O) groups excluding carboxylic acids is 4. The molecular weight excluding hydrogens is 296 g/mol. The average molecular weight is 316 g/mol. The fourth-order valence-corrected chi connectivity index (χ4v) is 1.58. The van der Waals surface area contributed by atoms with E-state index in [4.69, 9.17) is 9.47 Å². The fourth-order valence-electron chi connectivity index (χ4n) is 1.58. The molecule has 0 aromatic carbocycles. The van der Waals surface area contributed by atoms with Gasteiger partial charge in [-0.2, -0.15) is 0 Å². The van der Waals surface area contributed by atoms with E-state index in [1.165, 1.54) is 0 Å². The van der Waals surface area contributed by atoms with Crippen molar-refractivity contribution in [2.75, 3.05) is 26.4 Å². The Bertz CT molecular complexity index is 366. The van der Waals surface area contributed by atoms with Crippen LogP contribution >= 0.6 is 0 Å². The van der Waals surface area contributed by atoms with Crippen LogP contribution in [0.5, 0.6) is 0 Å². The zero-order chi connectivity index (χ0) is 16.2. The number of hydrogen-bond acceptors (Lipinski definition) is 8. The minimum atomic E-state index is -0.323. The lowest BCUT2D eigenvalue weighted by molar-refractivity contribution is -0.158. The number of cyclic esters (lactones) is 4. The van der Waals surface area contributed by atoms with Crippen LogP contribution < -0.4 is 0 Å². The summed E-state index contributed by atoms with van der Waals surface area (Å²) < 4.78 is 18.9. The van der Waals surface area contributed by atoms with Crippen LogP contribution in [0.2, 0.25) is 0 Å². The Kier molecular flexibility index (Phi) is 8.63. The van der Waals surface area contributed by atoms with E-state index in [1.54, 1.807) is 0 Å². The Morgan fingerprint density at radius 1 is 0.455 bits per heavy atom. The van der Waals surface area contributed by atoms with Gasteiger partial charge in [0.15, 0.2) is 0 Å². The van der Waals surface area contributed by atoms with E-state index in [0.717, 1.165) is 12.8 Å². The molecule has 124 valence electrons. The maximum Gasteiger partial charge on any atom is 0.306 e. The van der Waals surface area contributed by atoms with Gasteiger partial charge in [-0.15, -0.1) is 0 Å². The summed E-state index contributed by atoms with van der Waals surface area (Å²) in [5, 5.41) is 0. The molecule has 0 unspecified atom stereocenters. The second-order valence-electron chi connectivity index (χ2n) is 4.59. The van der Waals surface area contributed by atoms with Crippen molar-refractivity contribution >= 4 is 23.9 Å². The van der Waals surface area contributed by atoms with Gasteiger partial charge in [-0.3, -0.25) is 19.2 Å². The van der Waals surface area contributed by atoms with Crippen LogP contribution in [0.1, 0.15) is 38.5 Å². The Morgan fingerprint density at radius 2 is 0.727 bits per heavy atom. The van der Waals surface area contributed by atoms with E-state index in [-0.39, 0.29) is 62.8 Å². The Balaban J connectivity index is 0.000000224. The fraction of sp³-hybridized carbons (Fsp3) is 0.714. The summed E-state index contributed by atoms with van der Waals surface area (Å²) in [4.78, 5) is 42.7. The Labute approximate surface area is 128 Å². The molecule has 2 fully saturated rings. The van der Waals surface area contributed by atoms with Crippen LogP contribution in [-0.4, -0.2) is 50.3 Å². The highest BCUT2D eigenvalue weighted by molar-refractivity contribution is 5.78. The molecule has 0 radical (unpaired) electrons. The first kappa shape index (κ1) is 17.9. The van der Waals surface area contributed by atoms with Crippen molar-refractivity contribution in [3.8, 4) is 0 Å². The summed E-state index contributed by atoms with van der Waals surface area (Å²) in [6.07, 6.45) is 2.08. The Hall–Kier alpha value is -2.12. The molecule has 0 aromatic rings. The smallest absolute Gasteiger partial charge is 0.306 e. The number of hydrogen-bond donors (Lipinski definition) is 0. The number of rotatable bonds is 0. The minimum absolute atomic E-state index is 0.138. The van der Waals surface area contributed by atoms with Gasteiger partial charge < -0.3 is 18.9 Å². The van der Waals surface area contributed by atoms with E-state index in [9.17, 15) is 19.2 Å². The second kappa shape index (κ2) is 10.6. The molecule has 2 rings (SSSR count). The molecule has 22 heavy (non-hydrogen) atoms. The lowest BCUT2D eigenvalue weighted by Crippen LogP contribution is -2.18. The molecule has 2 heterocycles. The highest BCUT2D eigenvalue weighted by Crippen LogP contribution is 2.02. The van der Waals surface area contributed by atoms with Gasteiger partial charge >= 0.3 is 23.9 Å². The summed E-state index contributed by atoms with van der Waals surface area (Å²) in [6.45, 7) is 1.25. The molecule has 0 N–H and O–H groups in total. The third kappa shape index (κ3) is 8.93. The first-order valence-corrected chi connectivity index (χ1v) is 7.20. The molecule has 0 atom stereocenters. The van der Waals surface area contributed by atoms with Crippen molar-refractivity contribution in [2.24, 2.45) is 0 Å². The van der Waals surface area contributed by atoms with Gasteiger partial charge in [0.05, 0.1) is 38.9 Å². The molecule has 8 nitrogen and oxygen atoms in total. The van der Waals surface area contributed by atoms with Crippen molar-refractivity contribution < 1.29 is 38.1 Å². The third-order valence-electron chi connectivity index (χ3n) is 2.74. The van der Waals surface area contributed by atoms with Crippen LogP contribution in [0.15, 0.2) is 0 Å². The van der Waals surface area contributed by atoms with Gasteiger partial charge in [-0.25, -0.2) is 0 Å². The number of carbonyl (C=O) groups is 4.